The molecular formula is C24H19NO4S2. The predicted molar refractivity (Wildman–Crippen MR) is 124 cm³/mol. The second-order valence-electron chi connectivity index (χ2n) is 6.85. The molecule has 0 unspecified atom stereocenters. The van der Waals surface area contributed by atoms with Crippen LogP contribution in [0.4, 0.5) is 0 Å². The number of esters is 1. The summed E-state index contributed by atoms with van der Waals surface area (Å²) in [5.74, 6) is 0.970. The smallest absolute Gasteiger partial charge is 0.337 e. The van der Waals surface area contributed by atoms with Crippen molar-refractivity contribution in [2.24, 2.45) is 0 Å². The highest BCUT2D eigenvalue weighted by atomic mass is 32.2. The zero-order chi connectivity index (χ0) is 21.8. The van der Waals surface area contributed by atoms with E-state index in [1.165, 1.54) is 18.9 Å². The summed E-state index contributed by atoms with van der Waals surface area (Å²) in [5.41, 5.74) is 2.37. The average Bonchev–Trinajstić information content (AvgIpc) is 3.38. The maximum Gasteiger partial charge on any atom is 0.337 e. The molecule has 31 heavy (non-hydrogen) atoms. The number of rotatable bonds is 6. The van der Waals surface area contributed by atoms with Crippen molar-refractivity contribution in [3.05, 3.63) is 94.6 Å². The van der Waals surface area contributed by atoms with Crippen LogP contribution in [0.3, 0.4) is 0 Å². The second-order valence-corrected chi connectivity index (χ2v) is 8.53. The fraction of sp³-hybridized carbons (Fsp3) is 0.125. The molecule has 156 valence electrons. The maximum absolute atomic E-state index is 12.8. The number of thiocarbonyl (C=S) groups is 1. The standard InChI is InChI=1S/C24H19NO4S2/c1-28-23(27)18-9-7-17(8-10-18)20-13-11-19(29-20)12-14-21-22(26)25(24(30)31-21)15-16-5-3-2-4-6-16/h2-11,13-14H,12,15H2,1H3/b21-14+. The molecule has 0 N–H and O–H groups in total. The van der Waals surface area contributed by atoms with Crippen LogP contribution in [-0.4, -0.2) is 28.2 Å². The third-order valence-corrected chi connectivity index (χ3v) is 6.22. The van der Waals surface area contributed by atoms with Crippen LogP contribution in [0.25, 0.3) is 11.3 Å². The van der Waals surface area contributed by atoms with E-state index in [4.69, 9.17) is 21.4 Å². The highest BCUT2D eigenvalue weighted by molar-refractivity contribution is 8.26. The number of thioether (sulfide) groups is 1. The minimum Gasteiger partial charge on any atom is -0.465 e. The molecule has 4 rings (SSSR count). The molecule has 0 aliphatic carbocycles. The first-order chi connectivity index (χ1) is 15.0. The van der Waals surface area contributed by atoms with Gasteiger partial charge in [-0.25, -0.2) is 4.79 Å². The average molecular weight is 450 g/mol. The van der Waals surface area contributed by atoms with Crippen molar-refractivity contribution in [2.75, 3.05) is 7.11 Å². The van der Waals surface area contributed by atoms with Gasteiger partial charge in [0.15, 0.2) is 0 Å². The Morgan fingerprint density at radius 3 is 2.55 bits per heavy atom. The molecule has 0 bridgehead atoms. The molecular weight excluding hydrogens is 430 g/mol. The van der Waals surface area contributed by atoms with Crippen LogP contribution in [0.15, 0.2) is 82.1 Å². The Balaban J connectivity index is 1.42. The molecule has 5 nitrogen and oxygen atoms in total. The molecule has 1 aliphatic rings. The lowest BCUT2D eigenvalue weighted by molar-refractivity contribution is -0.122. The fourth-order valence-corrected chi connectivity index (χ4v) is 4.39. The molecule has 2 aromatic carbocycles. The van der Waals surface area contributed by atoms with Gasteiger partial charge in [-0.2, -0.15) is 0 Å². The van der Waals surface area contributed by atoms with Crippen LogP contribution in [0.2, 0.25) is 0 Å². The van der Waals surface area contributed by atoms with Crippen molar-refractivity contribution in [1.82, 2.24) is 4.90 Å². The van der Waals surface area contributed by atoms with Crippen molar-refractivity contribution in [3.8, 4) is 11.3 Å². The molecule has 1 aromatic heterocycles. The van der Waals surface area contributed by atoms with Crippen molar-refractivity contribution in [1.29, 1.82) is 0 Å². The number of benzene rings is 2. The number of hydrogen-bond donors (Lipinski definition) is 0. The van der Waals surface area contributed by atoms with E-state index in [0.29, 0.717) is 33.5 Å². The molecule has 2 heterocycles. The number of methoxy groups -OCH3 is 1. The largest absolute Gasteiger partial charge is 0.465 e. The van der Waals surface area contributed by atoms with E-state index in [2.05, 4.69) is 0 Å². The summed E-state index contributed by atoms with van der Waals surface area (Å²) in [6.45, 7) is 0.468. The molecule has 3 aromatic rings. The first-order valence-electron chi connectivity index (χ1n) is 9.60. The normalized spacial score (nSPS) is 15.0. The number of nitrogens with zero attached hydrogens (tertiary/aromatic N) is 1. The van der Waals surface area contributed by atoms with E-state index in [1.807, 2.05) is 60.7 Å². The second kappa shape index (κ2) is 9.32. The zero-order valence-electron chi connectivity index (χ0n) is 16.7. The van der Waals surface area contributed by atoms with Gasteiger partial charge in [0, 0.05) is 12.0 Å². The van der Waals surface area contributed by atoms with Gasteiger partial charge in [-0.1, -0.05) is 72.5 Å². The third-order valence-electron chi connectivity index (χ3n) is 4.80. The summed E-state index contributed by atoms with van der Waals surface area (Å²) in [6, 6.07) is 20.5. The lowest BCUT2D eigenvalue weighted by atomic mass is 10.1. The summed E-state index contributed by atoms with van der Waals surface area (Å²) >= 11 is 6.71. The lowest BCUT2D eigenvalue weighted by Gasteiger charge is -2.14. The van der Waals surface area contributed by atoms with Crippen molar-refractivity contribution in [2.45, 2.75) is 13.0 Å². The van der Waals surface area contributed by atoms with Gasteiger partial charge in [0.25, 0.3) is 5.91 Å². The molecule has 0 saturated carbocycles. The summed E-state index contributed by atoms with van der Waals surface area (Å²) in [6.07, 6.45) is 2.34. The molecule has 1 amide bonds. The number of hydrogen-bond acceptors (Lipinski definition) is 6. The van der Waals surface area contributed by atoms with E-state index in [-0.39, 0.29) is 11.9 Å². The van der Waals surface area contributed by atoms with Gasteiger partial charge in [-0.05, 0) is 29.8 Å². The monoisotopic (exact) mass is 449 g/mol. The molecule has 1 aliphatic heterocycles. The minimum absolute atomic E-state index is 0.0796. The van der Waals surface area contributed by atoms with Crippen LogP contribution < -0.4 is 0 Å². The van der Waals surface area contributed by atoms with Gasteiger partial charge < -0.3 is 9.15 Å². The van der Waals surface area contributed by atoms with Gasteiger partial charge in [-0.3, -0.25) is 9.69 Å². The van der Waals surface area contributed by atoms with E-state index in [0.717, 1.165) is 16.9 Å². The van der Waals surface area contributed by atoms with Crippen molar-refractivity contribution in [3.63, 3.8) is 0 Å². The number of carbonyl (C=O) groups excluding carboxylic acids is 2. The molecule has 7 heteroatoms. The van der Waals surface area contributed by atoms with Gasteiger partial charge >= 0.3 is 5.97 Å². The van der Waals surface area contributed by atoms with Crippen LogP contribution >= 0.6 is 24.0 Å². The Kier molecular flexibility index (Phi) is 6.34. The third kappa shape index (κ3) is 4.78. The highest BCUT2D eigenvalue weighted by Crippen LogP contribution is 2.33. The summed E-state index contributed by atoms with van der Waals surface area (Å²) in [7, 11) is 1.35. The fourth-order valence-electron chi connectivity index (χ4n) is 3.16. The predicted octanol–water partition coefficient (Wildman–Crippen LogP) is 5.22. The van der Waals surface area contributed by atoms with Gasteiger partial charge in [-0.15, -0.1) is 0 Å². The van der Waals surface area contributed by atoms with Gasteiger partial charge in [0.1, 0.15) is 15.8 Å². The van der Waals surface area contributed by atoms with Crippen LogP contribution in [0, 0.1) is 0 Å². The quantitative estimate of drug-likeness (QED) is 0.292. The number of carbonyl (C=O) groups is 2. The Hall–Kier alpha value is -3.16. The van der Waals surface area contributed by atoms with E-state index in [9.17, 15) is 9.59 Å². The number of furan rings is 1. The van der Waals surface area contributed by atoms with E-state index in [1.54, 1.807) is 17.0 Å². The zero-order valence-corrected chi connectivity index (χ0v) is 18.4. The van der Waals surface area contributed by atoms with Gasteiger partial charge in [0.2, 0.25) is 0 Å². The summed E-state index contributed by atoms with van der Waals surface area (Å²) in [5, 5.41) is 0. The molecule has 0 atom stereocenters. The number of amides is 1. The lowest BCUT2D eigenvalue weighted by Crippen LogP contribution is -2.27. The molecule has 1 fully saturated rings. The van der Waals surface area contributed by atoms with E-state index >= 15 is 0 Å². The summed E-state index contributed by atoms with van der Waals surface area (Å²) < 4.78 is 11.2. The number of allylic oxidation sites excluding steroid dienone is 1. The Morgan fingerprint density at radius 1 is 1.10 bits per heavy atom. The van der Waals surface area contributed by atoms with Gasteiger partial charge in [0.05, 0.1) is 24.1 Å². The minimum atomic E-state index is -0.378. The first kappa shape index (κ1) is 21.1. The van der Waals surface area contributed by atoms with Crippen LogP contribution in [0.1, 0.15) is 21.7 Å². The van der Waals surface area contributed by atoms with Crippen LogP contribution in [-0.2, 0) is 22.5 Å². The molecule has 0 radical (unpaired) electrons. The number of ether oxygens (including phenoxy) is 1. The SMILES string of the molecule is COC(=O)c1ccc(-c2ccc(C/C=C3/SC(=S)N(Cc4ccccc4)C3=O)o2)cc1. The topological polar surface area (TPSA) is 59.8 Å². The Labute approximate surface area is 189 Å². The summed E-state index contributed by atoms with van der Waals surface area (Å²) in [4.78, 5) is 26.6. The van der Waals surface area contributed by atoms with Crippen LogP contribution in [0.5, 0.6) is 0 Å². The van der Waals surface area contributed by atoms with E-state index < -0.39 is 0 Å². The molecule has 0 spiro atoms. The Morgan fingerprint density at radius 2 is 1.84 bits per heavy atom. The Bertz CT molecular complexity index is 1150. The molecule has 1 saturated heterocycles. The van der Waals surface area contributed by atoms with Crippen molar-refractivity contribution < 1.29 is 18.7 Å². The first-order valence-corrected chi connectivity index (χ1v) is 10.8. The maximum atomic E-state index is 12.8. The highest BCUT2D eigenvalue weighted by Gasteiger charge is 2.31. The van der Waals surface area contributed by atoms with Crippen molar-refractivity contribution >= 4 is 40.2 Å².